The summed E-state index contributed by atoms with van der Waals surface area (Å²) in [6, 6.07) is 5.23. The normalized spacial score (nSPS) is 18.4. The zero-order valence-electron chi connectivity index (χ0n) is 10.0. The van der Waals surface area contributed by atoms with E-state index >= 15 is 0 Å². The van der Waals surface area contributed by atoms with Crippen LogP contribution in [-0.2, 0) is 0 Å². The average molecular weight is 278 g/mol. The molecule has 0 saturated heterocycles. The van der Waals surface area contributed by atoms with Gasteiger partial charge in [0.15, 0.2) is 0 Å². The molecule has 1 aromatic carbocycles. The Bertz CT molecular complexity index is 359. The van der Waals surface area contributed by atoms with Gasteiger partial charge in [-0.2, -0.15) is 0 Å². The Kier molecular flexibility index (Phi) is 5.23. The van der Waals surface area contributed by atoms with Gasteiger partial charge in [0, 0.05) is 22.7 Å². The molecule has 1 aliphatic rings. The molecule has 1 aromatic rings. The molecular formula is C13H18Cl2FN. The summed E-state index contributed by atoms with van der Waals surface area (Å²) in [4.78, 5) is 0. The van der Waals surface area contributed by atoms with Gasteiger partial charge in [0.1, 0.15) is 5.82 Å². The fourth-order valence-corrected chi connectivity index (χ4v) is 2.46. The van der Waals surface area contributed by atoms with Crippen molar-refractivity contribution in [3.8, 4) is 0 Å². The van der Waals surface area contributed by atoms with E-state index in [2.05, 4.69) is 12.2 Å². The summed E-state index contributed by atoms with van der Waals surface area (Å²) in [5, 5.41) is 3.92. The van der Waals surface area contributed by atoms with Crippen LogP contribution in [0.15, 0.2) is 18.2 Å². The fraction of sp³-hybridized carbons (Fsp3) is 0.538. The lowest BCUT2D eigenvalue weighted by Crippen LogP contribution is -2.31. The van der Waals surface area contributed by atoms with Crippen LogP contribution in [0.5, 0.6) is 0 Å². The highest BCUT2D eigenvalue weighted by Crippen LogP contribution is 2.34. The Morgan fingerprint density at radius 2 is 2.00 bits per heavy atom. The maximum atomic E-state index is 13.6. The SMILES string of the molecule is CC(NC(C)C1CC1)c1c(F)cccc1Cl.Cl. The van der Waals surface area contributed by atoms with Gasteiger partial charge in [-0.15, -0.1) is 12.4 Å². The lowest BCUT2D eigenvalue weighted by atomic mass is 10.1. The molecular weight excluding hydrogens is 260 g/mol. The van der Waals surface area contributed by atoms with E-state index in [4.69, 9.17) is 11.6 Å². The minimum atomic E-state index is -0.226. The highest BCUT2D eigenvalue weighted by atomic mass is 35.5. The molecule has 0 bridgehead atoms. The molecule has 0 aromatic heterocycles. The van der Waals surface area contributed by atoms with Gasteiger partial charge in [-0.25, -0.2) is 4.39 Å². The van der Waals surface area contributed by atoms with Gasteiger partial charge < -0.3 is 5.32 Å². The topological polar surface area (TPSA) is 12.0 Å². The second-order valence-corrected chi connectivity index (χ2v) is 5.06. The van der Waals surface area contributed by atoms with Crippen molar-refractivity contribution < 1.29 is 4.39 Å². The molecule has 1 fully saturated rings. The highest BCUT2D eigenvalue weighted by Gasteiger charge is 2.29. The predicted octanol–water partition coefficient (Wildman–Crippen LogP) is 4.35. The van der Waals surface area contributed by atoms with Crippen molar-refractivity contribution in [3.63, 3.8) is 0 Å². The molecule has 0 radical (unpaired) electrons. The molecule has 2 atom stereocenters. The number of hydrogen-bond acceptors (Lipinski definition) is 1. The van der Waals surface area contributed by atoms with Gasteiger partial charge >= 0.3 is 0 Å². The van der Waals surface area contributed by atoms with E-state index in [9.17, 15) is 4.39 Å². The first kappa shape index (κ1) is 14.7. The van der Waals surface area contributed by atoms with E-state index in [1.807, 2.05) is 6.92 Å². The second kappa shape index (κ2) is 6.03. The summed E-state index contributed by atoms with van der Waals surface area (Å²) in [6.45, 7) is 4.12. The molecule has 17 heavy (non-hydrogen) atoms. The summed E-state index contributed by atoms with van der Waals surface area (Å²) in [5.41, 5.74) is 0.580. The van der Waals surface area contributed by atoms with Gasteiger partial charge in [-0.3, -0.25) is 0 Å². The number of benzene rings is 1. The number of halogens is 3. The van der Waals surface area contributed by atoms with Crippen LogP contribution in [-0.4, -0.2) is 6.04 Å². The number of nitrogens with one attached hydrogen (secondary N) is 1. The molecule has 2 unspecified atom stereocenters. The van der Waals surface area contributed by atoms with Gasteiger partial charge in [0.25, 0.3) is 0 Å². The van der Waals surface area contributed by atoms with Crippen molar-refractivity contribution in [2.24, 2.45) is 5.92 Å². The molecule has 96 valence electrons. The molecule has 0 aliphatic heterocycles. The van der Waals surface area contributed by atoms with Crippen LogP contribution in [0, 0.1) is 11.7 Å². The number of hydrogen-bond donors (Lipinski definition) is 1. The average Bonchev–Trinajstić information content (AvgIpc) is 2.99. The largest absolute Gasteiger partial charge is 0.307 e. The smallest absolute Gasteiger partial charge is 0.129 e. The van der Waals surface area contributed by atoms with Crippen LogP contribution in [0.3, 0.4) is 0 Å². The molecule has 2 rings (SSSR count). The highest BCUT2D eigenvalue weighted by molar-refractivity contribution is 6.31. The van der Waals surface area contributed by atoms with Crippen LogP contribution >= 0.6 is 24.0 Å². The Labute approximate surface area is 113 Å². The lowest BCUT2D eigenvalue weighted by Gasteiger charge is -2.21. The first-order valence-corrected chi connectivity index (χ1v) is 6.17. The van der Waals surface area contributed by atoms with Gasteiger partial charge in [0.05, 0.1) is 0 Å². The molecule has 0 heterocycles. The molecule has 0 amide bonds. The van der Waals surface area contributed by atoms with Crippen molar-refractivity contribution in [1.82, 2.24) is 5.32 Å². The number of rotatable bonds is 4. The first-order valence-electron chi connectivity index (χ1n) is 5.79. The lowest BCUT2D eigenvalue weighted by molar-refractivity contribution is 0.430. The minimum Gasteiger partial charge on any atom is -0.307 e. The van der Waals surface area contributed by atoms with E-state index in [0.717, 1.165) is 5.92 Å². The Morgan fingerprint density at radius 3 is 2.53 bits per heavy atom. The monoisotopic (exact) mass is 277 g/mol. The fourth-order valence-electron chi connectivity index (χ4n) is 2.13. The third-order valence-electron chi connectivity index (χ3n) is 3.27. The van der Waals surface area contributed by atoms with Crippen molar-refractivity contribution >= 4 is 24.0 Å². The maximum absolute atomic E-state index is 13.6. The maximum Gasteiger partial charge on any atom is 0.129 e. The predicted molar refractivity (Wildman–Crippen MR) is 72.4 cm³/mol. The summed E-state index contributed by atoms with van der Waals surface area (Å²) in [6.07, 6.45) is 2.57. The minimum absolute atomic E-state index is 0. The summed E-state index contributed by atoms with van der Waals surface area (Å²) >= 11 is 6.02. The summed E-state index contributed by atoms with van der Waals surface area (Å²) in [5.74, 6) is 0.531. The first-order chi connectivity index (χ1) is 7.59. The summed E-state index contributed by atoms with van der Waals surface area (Å²) < 4.78 is 13.6. The Hall–Kier alpha value is -0.310. The van der Waals surface area contributed by atoms with E-state index in [1.54, 1.807) is 12.1 Å². The van der Waals surface area contributed by atoms with Crippen LogP contribution in [0.4, 0.5) is 4.39 Å². The van der Waals surface area contributed by atoms with Crippen molar-refractivity contribution in [1.29, 1.82) is 0 Å². The third kappa shape index (κ3) is 3.57. The van der Waals surface area contributed by atoms with Crippen LogP contribution < -0.4 is 5.32 Å². The van der Waals surface area contributed by atoms with Crippen LogP contribution in [0.1, 0.15) is 38.3 Å². The zero-order chi connectivity index (χ0) is 11.7. The second-order valence-electron chi connectivity index (χ2n) is 4.65. The van der Waals surface area contributed by atoms with Crippen molar-refractivity contribution in [3.05, 3.63) is 34.6 Å². The Morgan fingerprint density at radius 1 is 1.35 bits per heavy atom. The van der Waals surface area contributed by atoms with E-state index < -0.39 is 0 Å². The molecule has 1 aliphatic carbocycles. The van der Waals surface area contributed by atoms with Gasteiger partial charge in [-0.1, -0.05) is 17.7 Å². The molecule has 1 N–H and O–H groups in total. The third-order valence-corrected chi connectivity index (χ3v) is 3.60. The standard InChI is InChI=1S/C13H17ClFN.ClH/c1-8(10-6-7-10)16-9(2)13-11(14)4-3-5-12(13)15;/h3-5,8-10,16H,6-7H2,1-2H3;1H. The van der Waals surface area contributed by atoms with Gasteiger partial charge in [0.2, 0.25) is 0 Å². The van der Waals surface area contributed by atoms with Crippen LogP contribution in [0.2, 0.25) is 5.02 Å². The van der Waals surface area contributed by atoms with Gasteiger partial charge in [-0.05, 0) is 44.7 Å². The van der Waals surface area contributed by atoms with Crippen molar-refractivity contribution in [2.45, 2.75) is 38.8 Å². The molecule has 1 saturated carbocycles. The van der Waals surface area contributed by atoms with E-state index in [-0.39, 0.29) is 24.3 Å². The van der Waals surface area contributed by atoms with Crippen molar-refractivity contribution in [2.75, 3.05) is 0 Å². The Balaban J connectivity index is 0.00000144. The van der Waals surface area contributed by atoms with E-state index in [0.29, 0.717) is 16.6 Å². The van der Waals surface area contributed by atoms with Crippen LogP contribution in [0.25, 0.3) is 0 Å². The zero-order valence-corrected chi connectivity index (χ0v) is 11.6. The van der Waals surface area contributed by atoms with E-state index in [1.165, 1.54) is 18.9 Å². The summed E-state index contributed by atoms with van der Waals surface area (Å²) in [7, 11) is 0. The molecule has 0 spiro atoms. The molecule has 4 heteroatoms. The quantitative estimate of drug-likeness (QED) is 0.863. The molecule has 1 nitrogen and oxygen atoms in total.